The van der Waals surface area contributed by atoms with Crippen LogP contribution in [0.1, 0.15) is 25.8 Å². The van der Waals surface area contributed by atoms with Crippen LogP contribution in [0.15, 0.2) is 24.3 Å². The van der Waals surface area contributed by atoms with Gasteiger partial charge >= 0.3 is 0 Å². The van der Waals surface area contributed by atoms with E-state index in [1.54, 1.807) is 0 Å². The molecular formula is C15H26N2. The molecule has 0 saturated carbocycles. The minimum atomic E-state index is 0.740. The summed E-state index contributed by atoms with van der Waals surface area (Å²) >= 11 is 0. The van der Waals surface area contributed by atoms with E-state index >= 15 is 0 Å². The second kappa shape index (κ2) is 7.33. The third kappa shape index (κ3) is 5.22. The molecule has 0 aliphatic rings. The normalized spacial score (nSPS) is 10.9. The molecule has 96 valence electrons. The highest BCUT2D eigenvalue weighted by atomic mass is 15.1. The Morgan fingerprint density at radius 1 is 1.24 bits per heavy atom. The van der Waals surface area contributed by atoms with Gasteiger partial charge in [-0.15, -0.1) is 0 Å². The number of aryl methyl sites for hydroxylation is 1. The molecule has 0 atom stereocenters. The van der Waals surface area contributed by atoms with E-state index in [1.807, 2.05) is 0 Å². The molecule has 1 rings (SSSR count). The number of hydrogen-bond donors (Lipinski definition) is 1. The first-order valence-corrected chi connectivity index (χ1v) is 6.58. The molecule has 0 saturated heterocycles. The van der Waals surface area contributed by atoms with Crippen LogP contribution in [0.3, 0.4) is 0 Å². The van der Waals surface area contributed by atoms with E-state index in [0.29, 0.717) is 0 Å². The molecule has 2 nitrogen and oxygen atoms in total. The van der Waals surface area contributed by atoms with Crippen molar-refractivity contribution < 1.29 is 0 Å². The van der Waals surface area contributed by atoms with Gasteiger partial charge in [0.1, 0.15) is 0 Å². The van der Waals surface area contributed by atoms with Crippen molar-refractivity contribution in [2.24, 2.45) is 5.92 Å². The molecule has 1 N–H and O–H groups in total. The second-order valence-electron chi connectivity index (χ2n) is 5.16. The summed E-state index contributed by atoms with van der Waals surface area (Å²) in [5, 5.41) is 3.48. The Labute approximate surface area is 106 Å². The van der Waals surface area contributed by atoms with Crippen molar-refractivity contribution in [1.29, 1.82) is 0 Å². The molecule has 0 heterocycles. The van der Waals surface area contributed by atoms with Crippen molar-refractivity contribution in [1.82, 2.24) is 5.32 Å². The lowest BCUT2D eigenvalue weighted by Gasteiger charge is -2.21. The summed E-state index contributed by atoms with van der Waals surface area (Å²) in [6.07, 6.45) is 1.19. The molecule has 0 spiro atoms. The lowest BCUT2D eigenvalue weighted by Crippen LogP contribution is -2.26. The molecule has 0 aliphatic heterocycles. The van der Waals surface area contributed by atoms with E-state index < -0.39 is 0 Å². The summed E-state index contributed by atoms with van der Waals surface area (Å²) in [4.78, 5) is 2.34. The maximum absolute atomic E-state index is 3.48. The summed E-state index contributed by atoms with van der Waals surface area (Å²) in [7, 11) is 2.17. The van der Waals surface area contributed by atoms with Gasteiger partial charge in [-0.2, -0.15) is 0 Å². The van der Waals surface area contributed by atoms with Gasteiger partial charge in [0.25, 0.3) is 0 Å². The number of anilines is 1. The van der Waals surface area contributed by atoms with Crippen LogP contribution in [0.25, 0.3) is 0 Å². The van der Waals surface area contributed by atoms with Crippen molar-refractivity contribution in [3.63, 3.8) is 0 Å². The van der Waals surface area contributed by atoms with Gasteiger partial charge in [0.15, 0.2) is 0 Å². The number of rotatable bonds is 7. The lowest BCUT2D eigenvalue weighted by atomic mass is 10.2. The van der Waals surface area contributed by atoms with Gasteiger partial charge in [0.05, 0.1) is 0 Å². The number of nitrogens with zero attached hydrogens (tertiary/aromatic N) is 1. The van der Waals surface area contributed by atoms with Crippen LogP contribution in [-0.2, 0) is 0 Å². The van der Waals surface area contributed by atoms with Gasteiger partial charge in [-0.3, -0.25) is 0 Å². The van der Waals surface area contributed by atoms with E-state index in [1.165, 1.54) is 17.7 Å². The highest BCUT2D eigenvalue weighted by molar-refractivity contribution is 5.52. The number of nitrogens with one attached hydrogen (secondary N) is 1. The van der Waals surface area contributed by atoms with E-state index in [0.717, 1.165) is 25.6 Å². The fourth-order valence-electron chi connectivity index (χ4n) is 1.94. The van der Waals surface area contributed by atoms with Gasteiger partial charge in [0.2, 0.25) is 0 Å². The zero-order valence-electron chi connectivity index (χ0n) is 11.7. The van der Waals surface area contributed by atoms with Crippen LogP contribution in [0.5, 0.6) is 0 Å². The maximum atomic E-state index is 3.48. The van der Waals surface area contributed by atoms with Gasteiger partial charge in [-0.1, -0.05) is 32.0 Å². The fraction of sp³-hybridized carbons (Fsp3) is 0.600. The Hall–Kier alpha value is -1.02. The van der Waals surface area contributed by atoms with Gasteiger partial charge < -0.3 is 10.2 Å². The van der Waals surface area contributed by atoms with Crippen molar-refractivity contribution >= 4 is 5.69 Å². The molecule has 0 amide bonds. The molecule has 0 unspecified atom stereocenters. The van der Waals surface area contributed by atoms with Crippen molar-refractivity contribution in [2.45, 2.75) is 27.2 Å². The molecule has 0 bridgehead atoms. The zero-order chi connectivity index (χ0) is 12.7. The first-order valence-electron chi connectivity index (χ1n) is 6.58. The highest BCUT2D eigenvalue weighted by Gasteiger charge is 2.02. The van der Waals surface area contributed by atoms with Gasteiger partial charge in [0, 0.05) is 19.3 Å². The van der Waals surface area contributed by atoms with Crippen molar-refractivity contribution in [3.8, 4) is 0 Å². The Bertz CT molecular complexity index is 320. The number of benzene rings is 1. The predicted molar refractivity (Wildman–Crippen MR) is 76.8 cm³/mol. The van der Waals surface area contributed by atoms with Crippen LogP contribution in [0.4, 0.5) is 5.69 Å². The summed E-state index contributed by atoms with van der Waals surface area (Å²) in [6, 6.07) is 8.56. The molecule has 0 aromatic heterocycles. The molecule has 1 aromatic rings. The summed E-state index contributed by atoms with van der Waals surface area (Å²) in [6.45, 7) is 9.99. The van der Waals surface area contributed by atoms with Crippen molar-refractivity contribution in [3.05, 3.63) is 29.8 Å². The second-order valence-corrected chi connectivity index (χ2v) is 5.16. The SMILES string of the molecule is Cc1ccccc1N(C)CCCNCC(C)C. The molecule has 17 heavy (non-hydrogen) atoms. The standard InChI is InChI=1S/C15H26N2/c1-13(2)12-16-10-7-11-17(4)15-9-6-5-8-14(15)3/h5-6,8-9,13,16H,7,10-12H2,1-4H3. The van der Waals surface area contributed by atoms with Crippen LogP contribution >= 0.6 is 0 Å². The Balaban J connectivity index is 2.26. The van der Waals surface area contributed by atoms with Gasteiger partial charge in [-0.25, -0.2) is 0 Å². The third-order valence-electron chi connectivity index (χ3n) is 2.93. The first kappa shape index (κ1) is 14.0. The Kier molecular flexibility index (Phi) is 6.06. The topological polar surface area (TPSA) is 15.3 Å². The molecule has 2 heteroatoms. The van der Waals surface area contributed by atoms with E-state index in [4.69, 9.17) is 0 Å². The molecule has 0 radical (unpaired) electrons. The quantitative estimate of drug-likeness (QED) is 0.729. The molecular weight excluding hydrogens is 208 g/mol. The van der Waals surface area contributed by atoms with Crippen LogP contribution in [-0.4, -0.2) is 26.7 Å². The predicted octanol–water partition coefficient (Wildman–Crippen LogP) is 3.07. The van der Waals surface area contributed by atoms with Crippen molar-refractivity contribution in [2.75, 3.05) is 31.6 Å². The van der Waals surface area contributed by atoms with Gasteiger partial charge in [-0.05, 0) is 44.0 Å². The van der Waals surface area contributed by atoms with E-state index in [2.05, 4.69) is 62.3 Å². The smallest absolute Gasteiger partial charge is 0.0393 e. The largest absolute Gasteiger partial charge is 0.374 e. The van der Waals surface area contributed by atoms with Crippen LogP contribution < -0.4 is 10.2 Å². The minimum absolute atomic E-state index is 0.740. The number of para-hydroxylation sites is 1. The Morgan fingerprint density at radius 3 is 2.59 bits per heavy atom. The zero-order valence-corrected chi connectivity index (χ0v) is 11.7. The third-order valence-corrected chi connectivity index (χ3v) is 2.93. The molecule has 1 aromatic carbocycles. The van der Waals surface area contributed by atoms with E-state index in [-0.39, 0.29) is 0 Å². The van der Waals surface area contributed by atoms with Crippen LogP contribution in [0.2, 0.25) is 0 Å². The minimum Gasteiger partial charge on any atom is -0.374 e. The Morgan fingerprint density at radius 2 is 1.94 bits per heavy atom. The monoisotopic (exact) mass is 234 g/mol. The van der Waals surface area contributed by atoms with Crippen LogP contribution in [0, 0.1) is 12.8 Å². The molecule has 0 fully saturated rings. The average Bonchev–Trinajstić information content (AvgIpc) is 2.28. The summed E-state index contributed by atoms with van der Waals surface area (Å²) < 4.78 is 0. The molecule has 0 aliphatic carbocycles. The van der Waals surface area contributed by atoms with E-state index in [9.17, 15) is 0 Å². The first-order chi connectivity index (χ1) is 8.11. The summed E-state index contributed by atoms with van der Waals surface area (Å²) in [5.41, 5.74) is 2.70. The summed E-state index contributed by atoms with van der Waals surface area (Å²) in [5.74, 6) is 0.740. The lowest BCUT2D eigenvalue weighted by molar-refractivity contribution is 0.543. The fourth-order valence-corrected chi connectivity index (χ4v) is 1.94. The number of hydrogen-bond acceptors (Lipinski definition) is 2. The highest BCUT2D eigenvalue weighted by Crippen LogP contribution is 2.17. The maximum Gasteiger partial charge on any atom is 0.0393 e. The average molecular weight is 234 g/mol.